The Bertz CT molecular complexity index is 376. The number of amides is 1. The van der Waals surface area contributed by atoms with Crippen LogP contribution in [0.5, 0.6) is 0 Å². The van der Waals surface area contributed by atoms with Crippen molar-refractivity contribution in [3.05, 3.63) is 29.8 Å². The molecule has 0 aliphatic carbocycles. The summed E-state index contributed by atoms with van der Waals surface area (Å²) >= 11 is 0. The first-order chi connectivity index (χ1) is 7.15. The number of nitrogens with zero attached hydrogens (tertiary/aromatic N) is 2. The summed E-state index contributed by atoms with van der Waals surface area (Å²) in [6.07, 6.45) is 0. The number of carbonyl (C=O) groups excluding carboxylic acids is 1. The molecular weight excluding hydrogens is 190 g/mol. The SMILES string of the molecule is CN(C)c1ccc(C(=O)NCC#N)cc1. The van der Waals surface area contributed by atoms with Gasteiger partial charge in [0.05, 0.1) is 6.07 Å². The molecule has 0 heterocycles. The zero-order chi connectivity index (χ0) is 11.3. The van der Waals surface area contributed by atoms with Crippen LogP contribution in [0.15, 0.2) is 24.3 Å². The molecule has 1 N–H and O–H groups in total. The monoisotopic (exact) mass is 203 g/mol. The van der Waals surface area contributed by atoms with E-state index in [4.69, 9.17) is 5.26 Å². The van der Waals surface area contributed by atoms with Crippen molar-refractivity contribution < 1.29 is 4.79 Å². The first-order valence-electron chi connectivity index (χ1n) is 4.57. The first kappa shape index (κ1) is 11.1. The van der Waals surface area contributed by atoms with E-state index in [0.717, 1.165) is 5.69 Å². The molecular formula is C11H13N3O. The van der Waals surface area contributed by atoms with Gasteiger partial charge in [-0.2, -0.15) is 5.26 Å². The summed E-state index contributed by atoms with van der Waals surface area (Å²) in [6.45, 7) is 0.0360. The lowest BCUT2D eigenvalue weighted by Crippen LogP contribution is -2.23. The quantitative estimate of drug-likeness (QED) is 0.746. The maximum atomic E-state index is 11.4. The summed E-state index contributed by atoms with van der Waals surface area (Å²) in [7, 11) is 3.87. The topological polar surface area (TPSA) is 56.1 Å². The highest BCUT2D eigenvalue weighted by Gasteiger charge is 2.04. The van der Waals surface area contributed by atoms with Crippen LogP contribution in [0.3, 0.4) is 0 Å². The minimum atomic E-state index is -0.221. The van der Waals surface area contributed by atoms with E-state index >= 15 is 0 Å². The largest absolute Gasteiger partial charge is 0.378 e. The third-order valence-corrected chi connectivity index (χ3v) is 1.97. The van der Waals surface area contributed by atoms with Crippen LogP contribution in [-0.2, 0) is 0 Å². The molecule has 0 spiro atoms. The molecule has 0 fully saturated rings. The van der Waals surface area contributed by atoms with Crippen LogP contribution in [0.4, 0.5) is 5.69 Å². The van der Waals surface area contributed by atoms with E-state index in [1.54, 1.807) is 12.1 Å². The van der Waals surface area contributed by atoms with Gasteiger partial charge in [0.25, 0.3) is 5.91 Å². The van der Waals surface area contributed by atoms with Crippen LogP contribution in [0.2, 0.25) is 0 Å². The van der Waals surface area contributed by atoms with Crippen LogP contribution in [-0.4, -0.2) is 26.5 Å². The molecule has 0 saturated carbocycles. The van der Waals surface area contributed by atoms with Crippen molar-refractivity contribution in [3.63, 3.8) is 0 Å². The summed E-state index contributed by atoms with van der Waals surface area (Å²) < 4.78 is 0. The standard InChI is InChI=1S/C11H13N3O/c1-14(2)10-5-3-9(4-6-10)11(15)13-8-7-12/h3-6H,8H2,1-2H3,(H,13,15). The Morgan fingerprint density at radius 1 is 1.40 bits per heavy atom. The van der Waals surface area contributed by atoms with Gasteiger partial charge in [-0.15, -0.1) is 0 Å². The Kier molecular flexibility index (Phi) is 3.69. The van der Waals surface area contributed by atoms with Crippen LogP contribution in [0.25, 0.3) is 0 Å². The van der Waals surface area contributed by atoms with Crippen molar-refractivity contribution in [2.24, 2.45) is 0 Å². The summed E-state index contributed by atoms with van der Waals surface area (Å²) in [5, 5.41) is 10.8. The summed E-state index contributed by atoms with van der Waals surface area (Å²) in [4.78, 5) is 13.4. The van der Waals surface area contributed by atoms with Crippen LogP contribution in [0, 0.1) is 11.3 Å². The Balaban J connectivity index is 2.72. The molecule has 0 aliphatic rings. The molecule has 0 aliphatic heterocycles. The summed E-state index contributed by atoms with van der Waals surface area (Å²) in [5.74, 6) is -0.221. The van der Waals surface area contributed by atoms with E-state index in [1.807, 2.05) is 37.2 Å². The number of benzene rings is 1. The van der Waals surface area contributed by atoms with Crippen molar-refractivity contribution in [1.82, 2.24) is 5.32 Å². The van der Waals surface area contributed by atoms with Gasteiger partial charge in [-0.05, 0) is 24.3 Å². The number of hydrogen-bond donors (Lipinski definition) is 1. The fourth-order valence-electron chi connectivity index (χ4n) is 1.13. The molecule has 0 saturated heterocycles. The smallest absolute Gasteiger partial charge is 0.252 e. The third kappa shape index (κ3) is 2.99. The summed E-state index contributed by atoms with van der Waals surface area (Å²) in [6, 6.07) is 9.06. The zero-order valence-corrected chi connectivity index (χ0v) is 8.82. The van der Waals surface area contributed by atoms with Gasteiger partial charge in [0.1, 0.15) is 6.54 Å². The van der Waals surface area contributed by atoms with E-state index < -0.39 is 0 Å². The number of carbonyl (C=O) groups is 1. The number of nitriles is 1. The molecule has 0 aromatic heterocycles. The summed E-state index contributed by atoms with van der Waals surface area (Å²) in [5.41, 5.74) is 1.60. The maximum Gasteiger partial charge on any atom is 0.252 e. The molecule has 78 valence electrons. The average molecular weight is 203 g/mol. The molecule has 4 heteroatoms. The van der Waals surface area contributed by atoms with E-state index in [2.05, 4.69) is 5.32 Å². The highest BCUT2D eigenvalue weighted by Crippen LogP contribution is 2.11. The molecule has 0 unspecified atom stereocenters. The zero-order valence-electron chi connectivity index (χ0n) is 8.82. The molecule has 0 atom stereocenters. The molecule has 1 amide bonds. The van der Waals surface area contributed by atoms with Crippen molar-refractivity contribution >= 4 is 11.6 Å². The number of rotatable bonds is 3. The molecule has 0 bridgehead atoms. The number of hydrogen-bond acceptors (Lipinski definition) is 3. The van der Waals surface area contributed by atoms with Gasteiger partial charge >= 0.3 is 0 Å². The molecule has 15 heavy (non-hydrogen) atoms. The van der Waals surface area contributed by atoms with Crippen molar-refractivity contribution in [3.8, 4) is 6.07 Å². The molecule has 1 rings (SSSR count). The van der Waals surface area contributed by atoms with Gasteiger partial charge in [-0.1, -0.05) is 0 Å². The highest BCUT2D eigenvalue weighted by molar-refractivity contribution is 5.94. The van der Waals surface area contributed by atoms with E-state index in [9.17, 15) is 4.79 Å². The minimum Gasteiger partial charge on any atom is -0.378 e. The van der Waals surface area contributed by atoms with Gasteiger partial charge in [-0.3, -0.25) is 4.79 Å². The van der Waals surface area contributed by atoms with Crippen LogP contribution >= 0.6 is 0 Å². The normalized spacial score (nSPS) is 9.13. The van der Waals surface area contributed by atoms with Crippen molar-refractivity contribution in [1.29, 1.82) is 5.26 Å². The van der Waals surface area contributed by atoms with E-state index in [1.165, 1.54) is 0 Å². The molecule has 4 nitrogen and oxygen atoms in total. The number of anilines is 1. The highest BCUT2D eigenvalue weighted by atomic mass is 16.1. The second-order valence-corrected chi connectivity index (χ2v) is 3.28. The van der Waals surface area contributed by atoms with Gasteiger partial charge < -0.3 is 10.2 Å². The van der Waals surface area contributed by atoms with Crippen LogP contribution in [0.1, 0.15) is 10.4 Å². The van der Waals surface area contributed by atoms with E-state index in [0.29, 0.717) is 5.56 Å². The predicted octanol–water partition coefficient (Wildman–Crippen LogP) is 1.01. The lowest BCUT2D eigenvalue weighted by molar-refractivity contribution is 0.0958. The third-order valence-electron chi connectivity index (χ3n) is 1.97. The van der Waals surface area contributed by atoms with Gasteiger partial charge in [0.2, 0.25) is 0 Å². The lowest BCUT2D eigenvalue weighted by Gasteiger charge is -2.12. The number of nitrogens with one attached hydrogen (secondary N) is 1. The Labute approximate surface area is 89.1 Å². The first-order valence-corrected chi connectivity index (χ1v) is 4.57. The Morgan fingerprint density at radius 3 is 2.47 bits per heavy atom. The van der Waals surface area contributed by atoms with Gasteiger partial charge in [0, 0.05) is 25.3 Å². The van der Waals surface area contributed by atoms with Crippen LogP contribution < -0.4 is 10.2 Å². The van der Waals surface area contributed by atoms with Crippen molar-refractivity contribution in [2.75, 3.05) is 25.5 Å². The second-order valence-electron chi connectivity index (χ2n) is 3.28. The second kappa shape index (κ2) is 5.01. The molecule has 1 aromatic rings. The minimum absolute atomic E-state index is 0.0360. The van der Waals surface area contributed by atoms with Gasteiger partial charge in [-0.25, -0.2) is 0 Å². The van der Waals surface area contributed by atoms with Crippen molar-refractivity contribution in [2.45, 2.75) is 0 Å². The Hall–Kier alpha value is -2.02. The molecule has 1 aromatic carbocycles. The average Bonchev–Trinajstić information content (AvgIpc) is 2.26. The predicted molar refractivity (Wildman–Crippen MR) is 58.7 cm³/mol. The fraction of sp³-hybridized carbons (Fsp3) is 0.273. The molecule has 0 radical (unpaired) electrons. The van der Waals surface area contributed by atoms with E-state index in [-0.39, 0.29) is 12.5 Å². The lowest BCUT2D eigenvalue weighted by atomic mass is 10.2. The fourth-order valence-corrected chi connectivity index (χ4v) is 1.13. The Morgan fingerprint density at radius 2 is 2.00 bits per heavy atom. The van der Waals surface area contributed by atoms with Gasteiger partial charge in [0.15, 0.2) is 0 Å². The maximum absolute atomic E-state index is 11.4.